The molecule has 0 aromatic rings. The summed E-state index contributed by atoms with van der Waals surface area (Å²) in [6.45, 7) is 18.7. The Labute approximate surface area is 231 Å². The molecule has 5 rings (SSSR count). The van der Waals surface area contributed by atoms with E-state index in [9.17, 15) is 14.4 Å². The van der Waals surface area contributed by atoms with E-state index < -0.39 is 10.8 Å². The van der Waals surface area contributed by atoms with Gasteiger partial charge in [-0.25, -0.2) is 0 Å². The summed E-state index contributed by atoms with van der Waals surface area (Å²) in [6, 6.07) is 0. The fraction of sp³-hybridized carbons (Fsp3) is 0.853. The van der Waals surface area contributed by atoms with Crippen LogP contribution in [0.5, 0.6) is 0 Å². The second-order valence-electron chi connectivity index (χ2n) is 15.4. The number of ether oxygens (including phenoxy) is 1. The Morgan fingerprint density at radius 3 is 2.37 bits per heavy atom. The molecular weight excluding hydrogens is 472 g/mol. The van der Waals surface area contributed by atoms with Crippen molar-refractivity contribution in [3.63, 3.8) is 0 Å². The van der Waals surface area contributed by atoms with Crippen molar-refractivity contribution in [2.75, 3.05) is 6.61 Å². The van der Waals surface area contributed by atoms with Crippen molar-refractivity contribution in [2.45, 2.75) is 120 Å². The minimum Gasteiger partial charge on any atom is -0.465 e. The maximum absolute atomic E-state index is 14.5. The fourth-order valence-corrected chi connectivity index (χ4v) is 10.9. The van der Waals surface area contributed by atoms with Crippen LogP contribution in [0, 0.1) is 56.7 Å². The van der Waals surface area contributed by atoms with Crippen molar-refractivity contribution in [3.05, 3.63) is 11.6 Å². The molecule has 4 nitrogen and oxygen atoms in total. The highest BCUT2D eigenvalue weighted by atomic mass is 16.5. The van der Waals surface area contributed by atoms with Gasteiger partial charge in [-0.1, -0.05) is 60.5 Å². The number of carbonyl (C=O) groups excluding carboxylic acids is 3. The van der Waals surface area contributed by atoms with E-state index in [1.807, 2.05) is 6.92 Å². The standard InChI is InChI=1S/C34H52O4/c1-9-10-19-38-29(37)34(8)25-12-16-33(7)28(31(25,5)15-13-26(34)36)24(35)20-23-27-22(3)21(2)11-14-30(27,4)17-18-32(23,33)6/h20-22,25,27-28H,9-19H2,1-8H3/t21-,22+,25-,27+,28-,30-,31+,32-,33-,34-/m1/s1. The van der Waals surface area contributed by atoms with Crippen LogP contribution < -0.4 is 0 Å². The lowest BCUT2D eigenvalue weighted by Gasteiger charge is -2.70. The van der Waals surface area contributed by atoms with Gasteiger partial charge in [-0.2, -0.15) is 0 Å². The number of allylic oxidation sites excluding steroid dienone is 2. The quantitative estimate of drug-likeness (QED) is 0.214. The molecule has 0 N–H and O–H groups in total. The van der Waals surface area contributed by atoms with Crippen molar-refractivity contribution in [1.82, 2.24) is 0 Å². The predicted octanol–water partition coefficient (Wildman–Crippen LogP) is 7.74. The predicted molar refractivity (Wildman–Crippen MR) is 150 cm³/mol. The van der Waals surface area contributed by atoms with E-state index in [0.717, 1.165) is 32.1 Å². The zero-order valence-electron chi connectivity index (χ0n) is 25.4. The highest BCUT2D eigenvalue weighted by molar-refractivity contribution is 6.05. The second-order valence-corrected chi connectivity index (χ2v) is 15.4. The van der Waals surface area contributed by atoms with Crippen molar-refractivity contribution >= 4 is 17.5 Å². The molecule has 0 bridgehead atoms. The Kier molecular flexibility index (Phi) is 6.68. The van der Waals surface area contributed by atoms with Crippen molar-refractivity contribution in [2.24, 2.45) is 56.7 Å². The van der Waals surface area contributed by atoms with Crippen LogP contribution in [-0.2, 0) is 19.1 Å². The SMILES string of the molecule is CCCCOC(=O)[C@@]1(C)C(=O)CC[C@]2(C)[C@H]3C(=O)C=C4[C@@H]5[C@@H](C)[C@H](C)CC[C@]5(C)CC[C@@]4(C)[C@]3(C)CC[C@@H]12. The van der Waals surface area contributed by atoms with Crippen LogP contribution in [-0.4, -0.2) is 24.1 Å². The number of ketones is 2. The van der Waals surface area contributed by atoms with Crippen LogP contribution in [0.3, 0.4) is 0 Å². The molecule has 212 valence electrons. The Morgan fingerprint density at radius 2 is 1.68 bits per heavy atom. The summed E-state index contributed by atoms with van der Waals surface area (Å²) >= 11 is 0. The average molecular weight is 525 g/mol. The molecule has 5 aliphatic rings. The highest BCUT2D eigenvalue weighted by Crippen LogP contribution is 2.75. The van der Waals surface area contributed by atoms with Crippen LogP contribution in [0.15, 0.2) is 11.6 Å². The Morgan fingerprint density at radius 1 is 0.974 bits per heavy atom. The maximum atomic E-state index is 14.5. The monoisotopic (exact) mass is 524 g/mol. The minimum atomic E-state index is -1.16. The molecule has 0 unspecified atom stereocenters. The van der Waals surface area contributed by atoms with E-state index in [1.54, 1.807) is 0 Å². The van der Waals surface area contributed by atoms with E-state index in [4.69, 9.17) is 4.74 Å². The zero-order chi connectivity index (χ0) is 27.9. The van der Waals surface area contributed by atoms with Gasteiger partial charge in [0.1, 0.15) is 11.2 Å². The first-order chi connectivity index (χ1) is 17.7. The number of esters is 1. The van der Waals surface area contributed by atoms with Crippen LogP contribution in [0.2, 0.25) is 0 Å². The maximum Gasteiger partial charge on any atom is 0.319 e. The summed E-state index contributed by atoms with van der Waals surface area (Å²) in [7, 11) is 0. The van der Waals surface area contributed by atoms with Crippen LogP contribution in [0.1, 0.15) is 120 Å². The molecule has 0 aromatic heterocycles. The lowest BCUT2D eigenvalue weighted by molar-refractivity contribution is -0.200. The van der Waals surface area contributed by atoms with Gasteiger partial charge in [0.25, 0.3) is 0 Å². The molecule has 4 heteroatoms. The van der Waals surface area contributed by atoms with Gasteiger partial charge < -0.3 is 4.74 Å². The summed E-state index contributed by atoms with van der Waals surface area (Å²) in [5.41, 5.74) is -0.0487. The molecule has 0 spiro atoms. The third-order valence-corrected chi connectivity index (χ3v) is 13.7. The zero-order valence-corrected chi connectivity index (χ0v) is 25.4. The van der Waals surface area contributed by atoms with Crippen molar-refractivity contribution in [1.29, 1.82) is 0 Å². The molecular formula is C34H52O4. The molecule has 38 heavy (non-hydrogen) atoms. The molecule has 0 saturated heterocycles. The number of hydrogen-bond donors (Lipinski definition) is 0. The summed E-state index contributed by atoms with van der Waals surface area (Å²) in [5.74, 6) is 1.30. The van der Waals surface area contributed by atoms with Crippen LogP contribution >= 0.6 is 0 Å². The lowest BCUT2D eigenvalue weighted by atomic mass is 9.33. The first-order valence-electron chi connectivity index (χ1n) is 15.7. The van der Waals surface area contributed by atoms with E-state index >= 15 is 0 Å². The molecule has 5 aliphatic carbocycles. The Hall–Kier alpha value is -1.45. The van der Waals surface area contributed by atoms with E-state index in [-0.39, 0.29) is 45.6 Å². The van der Waals surface area contributed by atoms with E-state index in [2.05, 4.69) is 54.5 Å². The van der Waals surface area contributed by atoms with Gasteiger partial charge in [-0.05, 0) is 110 Å². The normalized spacial score (nSPS) is 50.2. The second kappa shape index (κ2) is 9.03. The van der Waals surface area contributed by atoms with E-state index in [1.165, 1.54) is 24.8 Å². The molecule has 0 aliphatic heterocycles. The Bertz CT molecular complexity index is 1060. The number of hydrogen-bond acceptors (Lipinski definition) is 4. The first-order valence-corrected chi connectivity index (χ1v) is 15.7. The molecule has 10 atom stereocenters. The van der Waals surface area contributed by atoms with Gasteiger partial charge in [0.15, 0.2) is 5.78 Å². The largest absolute Gasteiger partial charge is 0.465 e. The first kappa shape index (κ1) is 28.1. The third-order valence-electron chi connectivity index (χ3n) is 13.7. The van der Waals surface area contributed by atoms with Gasteiger partial charge >= 0.3 is 5.97 Å². The van der Waals surface area contributed by atoms with Crippen molar-refractivity contribution < 1.29 is 19.1 Å². The topological polar surface area (TPSA) is 60.4 Å². The molecule has 0 heterocycles. The van der Waals surface area contributed by atoms with Gasteiger partial charge in [-0.3, -0.25) is 14.4 Å². The molecule has 4 fully saturated rings. The van der Waals surface area contributed by atoms with Crippen LogP contribution in [0.25, 0.3) is 0 Å². The average Bonchev–Trinajstić information content (AvgIpc) is 2.85. The summed E-state index contributed by atoms with van der Waals surface area (Å²) < 4.78 is 5.72. The third kappa shape index (κ3) is 3.49. The number of fused-ring (bicyclic) bond motifs is 7. The molecule has 0 amide bonds. The summed E-state index contributed by atoms with van der Waals surface area (Å²) in [6.07, 6.45) is 11.5. The summed E-state index contributed by atoms with van der Waals surface area (Å²) in [4.78, 5) is 41.4. The number of carbonyl (C=O) groups is 3. The molecule has 4 saturated carbocycles. The lowest BCUT2D eigenvalue weighted by Crippen LogP contribution is -2.67. The minimum absolute atomic E-state index is 0.00855. The number of rotatable bonds is 4. The Balaban J connectivity index is 1.58. The number of Topliss-reactive ketones (excluding diaryl/α,β-unsaturated/α-hetero) is 1. The number of unbranched alkanes of at least 4 members (excludes halogenated alkanes) is 1. The smallest absolute Gasteiger partial charge is 0.319 e. The van der Waals surface area contributed by atoms with Gasteiger partial charge in [0, 0.05) is 12.3 Å². The summed E-state index contributed by atoms with van der Waals surface area (Å²) in [5, 5.41) is 0. The van der Waals surface area contributed by atoms with Gasteiger partial charge in [0.05, 0.1) is 6.61 Å². The van der Waals surface area contributed by atoms with Gasteiger partial charge in [0.2, 0.25) is 0 Å². The van der Waals surface area contributed by atoms with Crippen molar-refractivity contribution in [3.8, 4) is 0 Å². The highest BCUT2D eigenvalue weighted by Gasteiger charge is 2.72. The molecule has 0 aromatic carbocycles. The van der Waals surface area contributed by atoms with Crippen LogP contribution in [0.4, 0.5) is 0 Å². The fourth-order valence-electron chi connectivity index (χ4n) is 10.9. The van der Waals surface area contributed by atoms with E-state index in [0.29, 0.717) is 37.2 Å². The van der Waals surface area contributed by atoms with Gasteiger partial charge in [-0.15, -0.1) is 0 Å². The molecule has 0 radical (unpaired) electrons.